The molecule has 3 atom stereocenters. The van der Waals surface area contributed by atoms with E-state index in [1.165, 1.54) is 0 Å². The SMILES string of the molecule is CC(C)(C)OC(=O)N[C@H](CN1CCC[C@H]1C(=O)O)C(S)C(c1ccccc1)(c1ccccc1)c1ccccc1. The number of carbonyl (C=O) groups is 2. The Balaban J connectivity index is 1.88. The van der Waals surface area contributed by atoms with Crippen LogP contribution in [0, 0.1) is 0 Å². The number of nitrogens with one attached hydrogen (secondary N) is 1. The quantitative estimate of drug-likeness (QED) is 0.235. The van der Waals surface area contributed by atoms with Crippen LogP contribution in [0.4, 0.5) is 4.79 Å². The third-order valence-electron chi connectivity index (χ3n) is 7.29. The normalized spacial score (nSPS) is 17.8. The number of benzene rings is 3. The Morgan fingerprint density at radius 2 is 1.38 bits per heavy atom. The van der Waals surface area contributed by atoms with Crippen molar-refractivity contribution in [1.82, 2.24) is 10.2 Å². The molecule has 39 heavy (non-hydrogen) atoms. The van der Waals surface area contributed by atoms with Crippen molar-refractivity contribution in [3.05, 3.63) is 108 Å². The van der Waals surface area contributed by atoms with Crippen LogP contribution in [0.25, 0.3) is 0 Å². The predicted molar refractivity (Wildman–Crippen MR) is 157 cm³/mol. The lowest BCUT2D eigenvalue weighted by Crippen LogP contribution is -2.57. The molecular formula is C32H38N2O4S. The Bertz CT molecular complexity index is 1130. The van der Waals surface area contributed by atoms with Gasteiger partial charge < -0.3 is 15.2 Å². The van der Waals surface area contributed by atoms with Gasteiger partial charge in [0, 0.05) is 11.8 Å². The summed E-state index contributed by atoms with van der Waals surface area (Å²) in [7, 11) is 0. The zero-order valence-corrected chi connectivity index (χ0v) is 23.7. The fourth-order valence-electron chi connectivity index (χ4n) is 5.68. The van der Waals surface area contributed by atoms with E-state index in [4.69, 9.17) is 17.4 Å². The van der Waals surface area contributed by atoms with E-state index >= 15 is 0 Å². The number of rotatable bonds is 9. The van der Waals surface area contributed by atoms with E-state index in [9.17, 15) is 14.7 Å². The van der Waals surface area contributed by atoms with Gasteiger partial charge in [-0.3, -0.25) is 9.69 Å². The zero-order valence-electron chi connectivity index (χ0n) is 22.8. The van der Waals surface area contributed by atoms with Crippen LogP contribution in [0.2, 0.25) is 0 Å². The molecule has 0 spiro atoms. The van der Waals surface area contributed by atoms with Crippen LogP contribution in [0.15, 0.2) is 91.0 Å². The van der Waals surface area contributed by atoms with Gasteiger partial charge in [-0.25, -0.2) is 4.79 Å². The van der Waals surface area contributed by atoms with Crippen LogP contribution in [-0.4, -0.2) is 58.1 Å². The summed E-state index contributed by atoms with van der Waals surface area (Å²) >= 11 is 5.34. The van der Waals surface area contributed by atoms with Crippen molar-refractivity contribution in [2.24, 2.45) is 0 Å². The predicted octanol–water partition coefficient (Wildman–Crippen LogP) is 5.76. The third kappa shape index (κ3) is 6.48. The second kappa shape index (κ2) is 12.3. The number of alkyl carbamates (subject to hydrolysis) is 1. The molecule has 1 unspecified atom stereocenters. The van der Waals surface area contributed by atoms with Gasteiger partial charge in [0.2, 0.25) is 0 Å². The first-order chi connectivity index (χ1) is 18.6. The molecule has 3 aromatic carbocycles. The summed E-state index contributed by atoms with van der Waals surface area (Å²) in [6.45, 7) is 6.42. The summed E-state index contributed by atoms with van der Waals surface area (Å²) in [5.74, 6) is -0.848. The van der Waals surface area contributed by atoms with Gasteiger partial charge >= 0.3 is 12.1 Å². The second-order valence-electron chi connectivity index (χ2n) is 11.1. The maximum absolute atomic E-state index is 13.2. The monoisotopic (exact) mass is 546 g/mol. The molecule has 7 heteroatoms. The van der Waals surface area contributed by atoms with Crippen LogP contribution in [0.1, 0.15) is 50.3 Å². The number of ether oxygens (including phenoxy) is 1. The van der Waals surface area contributed by atoms with Gasteiger partial charge in [0.25, 0.3) is 0 Å². The van der Waals surface area contributed by atoms with Gasteiger partial charge in [0.1, 0.15) is 11.6 Å². The maximum Gasteiger partial charge on any atom is 0.407 e. The van der Waals surface area contributed by atoms with Gasteiger partial charge in [-0.05, 0) is 56.8 Å². The number of nitrogens with zero attached hydrogens (tertiary/aromatic N) is 1. The molecule has 0 aliphatic carbocycles. The average molecular weight is 547 g/mol. The topological polar surface area (TPSA) is 78.9 Å². The summed E-state index contributed by atoms with van der Waals surface area (Å²) in [6, 6.07) is 29.4. The molecule has 2 N–H and O–H groups in total. The van der Waals surface area contributed by atoms with E-state index in [1.54, 1.807) is 0 Å². The number of likely N-dealkylation sites (tertiary alicyclic amines) is 1. The summed E-state index contributed by atoms with van der Waals surface area (Å²) < 4.78 is 5.67. The van der Waals surface area contributed by atoms with E-state index in [-0.39, 0.29) is 0 Å². The number of hydrogen-bond acceptors (Lipinski definition) is 5. The molecule has 6 nitrogen and oxygen atoms in total. The van der Waals surface area contributed by atoms with E-state index < -0.39 is 40.4 Å². The highest BCUT2D eigenvalue weighted by Gasteiger charge is 2.47. The number of carboxylic acids is 1. The summed E-state index contributed by atoms with van der Waals surface area (Å²) in [6.07, 6.45) is 0.808. The fourth-order valence-corrected chi connectivity index (χ4v) is 6.29. The lowest BCUT2D eigenvalue weighted by molar-refractivity contribution is -0.142. The smallest absolute Gasteiger partial charge is 0.407 e. The summed E-state index contributed by atoms with van der Waals surface area (Å²) in [5.41, 5.74) is 1.61. The van der Waals surface area contributed by atoms with Crippen molar-refractivity contribution < 1.29 is 19.4 Å². The average Bonchev–Trinajstić information content (AvgIpc) is 3.38. The van der Waals surface area contributed by atoms with Gasteiger partial charge in [-0.15, -0.1) is 0 Å². The molecule has 206 valence electrons. The molecule has 4 rings (SSSR count). The first-order valence-corrected chi connectivity index (χ1v) is 14.0. The number of amides is 1. The van der Waals surface area contributed by atoms with Gasteiger partial charge in [0.05, 0.1) is 11.5 Å². The first kappa shape index (κ1) is 28.7. The van der Waals surface area contributed by atoms with Crippen molar-refractivity contribution in [1.29, 1.82) is 0 Å². The molecule has 1 aliphatic rings. The molecule has 3 aromatic rings. The molecule has 1 saturated heterocycles. The highest BCUT2D eigenvalue weighted by atomic mass is 32.1. The van der Waals surface area contributed by atoms with Crippen LogP contribution in [0.3, 0.4) is 0 Å². The van der Waals surface area contributed by atoms with Gasteiger partial charge in [-0.2, -0.15) is 12.6 Å². The summed E-state index contributed by atoms with van der Waals surface area (Å²) in [4.78, 5) is 27.2. The summed E-state index contributed by atoms with van der Waals surface area (Å²) in [5, 5.41) is 12.5. The lowest BCUT2D eigenvalue weighted by atomic mass is 9.65. The molecule has 0 radical (unpaired) electrons. The van der Waals surface area contributed by atoms with Gasteiger partial charge in [0.15, 0.2) is 0 Å². The fraction of sp³-hybridized carbons (Fsp3) is 0.375. The Morgan fingerprint density at radius 1 is 0.923 bits per heavy atom. The van der Waals surface area contributed by atoms with Crippen LogP contribution < -0.4 is 5.32 Å². The molecular weight excluding hydrogens is 508 g/mol. The Labute approximate surface area is 236 Å². The zero-order chi connectivity index (χ0) is 28.0. The van der Waals surface area contributed by atoms with Crippen molar-refractivity contribution >= 4 is 24.7 Å². The van der Waals surface area contributed by atoms with Crippen molar-refractivity contribution in [3.8, 4) is 0 Å². The number of hydrogen-bond donors (Lipinski definition) is 3. The standard InChI is InChI=1S/C32H38N2O4S/c1-31(2,3)38-30(37)33-26(22-34-21-13-20-27(34)29(35)36)28(39)32(23-14-7-4-8-15-23,24-16-9-5-10-17-24)25-18-11-6-12-19-25/h4-12,14-19,26-28,39H,13,20-22H2,1-3H3,(H,33,37)(H,35,36)/t26-,27+,28?/m1/s1. The Morgan fingerprint density at radius 3 is 1.79 bits per heavy atom. The molecule has 0 bridgehead atoms. The van der Waals surface area contributed by atoms with Gasteiger partial charge in [-0.1, -0.05) is 91.0 Å². The van der Waals surface area contributed by atoms with Crippen LogP contribution >= 0.6 is 12.6 Å². The number of aliphatic carboxylic acids is 1. The van der Waals surface area contributed by atoms with Crippen molar-refractivity contribution in [2.75, 3.05) is 13.1 Å². The van der Waals surface area contributed by atoms with Crippen LogP contribution in [0.5, 0.6) is 0 Å². The minimum atomic E-state index is -0.848. The largest absolute Gasteiger partial charge is 0.480 e. The first-order valence-electron chi connectivity index (χ1n) is 13.4. The van der Waals surface area contributed by atoms with E-state index in [1.807, 2.05) is 80.3 Å². The van der Waals surface area contributed by atoms with E-state index in [0.29, 0.717) is 19.5 Å². The molecule has 1 aliphatic heterocycles. The minimum absolute atomic E-state index is 0.318. The van der Waals surface area contributed by atoms with Crippen molar-refractivity contribution in [3.63, 3.8) is 0 Å². The number of thiol groups is 1. The lowest BCUT2D eigenvalue weighted by Gasteiger charge is -2.45. The van der Waals surface area contributed by atoms with Crippen LogP contribution in [-0.2, 0) is 14.9 Å². The molecule has 0 saturated carbocycles. The third-order valence-corrected chi connectivity index (χ3v) is 8.04. The second-order valence-corrected chi connectivity index (χ2v) is 11.7. The Kier molecular flexibility index (Phi) is 9.03. The minimum Gasteiger partial charge on any atom is -0.480 e. The highest BCUT2D eigenvalue weighted by Crippen LogP contribution is 2.45. The van der Waals surface area contributed by atoms with E-state index in [2.05, 4.69) is 41.7 Å². The molecule has 1 heterocycles. The van der Waals surface area contributed by atoms with E-state index in [0.717, 1.165) is 23.1 Å². The Hall–Kier alpha value is -3.29. The number of carboxylic acid groups (broad SMARTS) is 1. The van der Waals surface area contributed by atoms with Crippen molar-refractivity contribution in [2.45, 2.75) is 62.0 Å². The molecule has 1 fully saturated rings. The molecule has 0 aromatic heterocycles. The highest BCUT2D eigenvalue weighted by molar-refractivity contribution is 7.81. The number of carbonyl (C=O) groups excluding carboxylic acids is 1. The maximum atomic E-state index is 13.2. The molecule has 1 amide bonds.